The van der Waals surface area contributed by atoms with Crippen molar-refractivity contribution in [2.45, 2.75) is 32.2 Å². The molecule has 0 saturated heterocycles. The summed E-state index contributed by atoms with van der Waals surface area (Å²) in [5.74, 6) is -1.61. The summed E-state index contributed by atoms with van der Waals surface area (Å²) < 4.78 is 0. The van der Waals surface area contributed by atoms with Gasteiger partial charge in [0.15, 0.2) is 0 Å². The minimum Gasteiger partial charge on any atom is -0.480 e. The van der Waals surface area contributed by atoms with E-state index in [0.29, 0.717) is 23.6 Å². The Morgan fingerprint density at radius 1 is 1.37 bits per heavy atom. The number of carbonyl (C=O) groups is 2. The van der Waals surface area contributed by atoms with Gasteiger partial charge in [0.25, 0.3) is 5.91 Å². The zero-order valence-electron chi connectivity index (χ0n) is 10.9. The molecule has 1 amide bonds. The van der Waals surface area contributed by atoms with Crippen LogP contribution in [-0.2, 0) is 4.79 Å². The van der Waals surface area contributed by atoms with E-state index in [9.17, 15) is 14.7 Å². The summed E-state index contributed by atoms with van der Waals surface area (Å²) in [6, 6.07) is 4.52. The maximum atomic E-state index is 11.4. The van der Waals surface area contributed by atoms with Crippen LogP contribution in [0, 0.1) is 0 Å². The lowest BCUT2D eigenvalue weighted by Crippen LogP contribution is -2.45. The second-order valence-corrected chi connectivity index (χ2v) is 4.71. The lowest BCUT2D eigenvalue weighted by molar-refractivity contribution is -0.142. The van der Waals surface area contributed by atoms with Gasteiger partial charge in [-0.2, -0.15) is 0 Å². The van der Waals surface area contributed by atoms with E-state index in [1.165, 1.54) is 18.2 Å². The fourth-order valence-electron chi connectivity index (χ4n) is 1.88. The molecule has 0 heterocycles. The molecule has 0 aliphatic carbocycles. The topological polar surface area (TPSA) is 92.4 Å². The number of rotatable bonds is 6. The predicted octanol–water partition coefficient (Wildman–Crippen LogP) is 2.49. The van der Waals surface area contributed by atoms with Crippen LogP contribution in [0.2, 0.25) is 5.02 Å². The van der Waals surface area contributed by atoms with Crippen LogP contribution in [0.1, 0.15) is 37.0 Å². The average molecular weight is 285 g/mol. The quantitative estimate of drug-likeness (QED) is 0.748. The molecule has 104 valence electrons. The highest BCUT2D eigenvalue weighted by Gasteiger charge is 2.35. The third-order valence-corrected chi connectivity index (χ3v) is 3.47. The lowest BCUT2D eigenvalue weighted by atomic mass is 9.92. The number of nitrogens with one attached hydrogen (secondary N) is 1. The molecule has 19 heavy (non-hydrogen) atoms. The monoisotopic (exact) mass is 284 g/mol. The second-order valence-electron chi connectivity index (χ2n) is 4.27. The number of carboxylic acid groups (broad SMARTS) is 1. The van der Waals surface area contributed by atoms with Gasteiger partial charge in [0.1, 0.15) is 5.54 Å². The van der Waals surface area contributed by atoms with Crippen molar-refractivity contribution in [2.75, 3.05) is 5.32 Å². The first kappa shape index (κ1) is 15.3. The molecule has 0 aromatic heterocycles. The largest absolute Gasteiger partial charge is 0.480 e. The van der Waals surface area contributed by atoms with Gasteiger partial charge in [-0.05, 0) is 31.0 Å². The number of hydrogen-bond donors (Lipinski definition) is 3. The van der Waals surface area contributed by atoms with Crippen molar-refractivity contribution in [3.8, 4) is 0 Å². The van der Waals surface area contributed by atoms with E-state index in [1.807, 2.05) is 0 Å². The van der Waals surface area contributed by atoms with Crippen molar-refractivity contribution in [3.05, 3.63) is 28.8 Å². The normalized spacial score (nSPS) is 11.1. The highest BCUT2D eigenvalue weighted by Crippen LogP contribution is 2.27. The smallest absolute Gasteiger partial charge is 0.329 e. The van der Waals surface area contributed by atoms with Crippen molar-refractivity contribution in [3.63, 3.8) is 0 Å². The van der Waals surface area contributed by atoms with Crippen molar-refractivity contribution in [1.82, 2.24) is 0 Å². The Kier molecular flexibility index (Phi) is 4.78. The first-order chi connectivity index (χ1) is 8.86. The Morgan fingerprint density at radius 2 is 1.95 bits per heavy atom. The number of nitrogens with two attached hydrogens (primary N) is 1. The average Bonchev–Trinajstić information content (AvgIpc) is 2.35. The van der Waals surface area contributed by atoms with Crippen LogP contribution in [0.4, 0.5) is 5.69 Å². The molecule has 6 heteroatoms. The van der Waals surface area contributed by atoms with E-state index in [0.717, 1.165) is 0 Å². The molecule has 4 N–H and O–H groups in total. The Labute approximate surface area is 116 Å². The van der Waals surface area contributed by atoms with E-state index < -0.39 is 17.4 Å². The van der Waals surface area contributed by atoms with Crippen LogP contribution in [-0.4, -0.2) is 22.5 Å². The predicted molar refractivity (Wildman–Crippen MR) is 74.5 cm³/mol. The number of primary amides is 1. The molecule has 0 spiro atoms. The van der Waals surface area contributed by atoms with Gasteiger partial charge >= 0.3 is 5.97 Å². The first-order valence-corrected chi connectivity index (χ1v) is 6.35. The number of carboxylic acids is 1. The highest BCUT2D eigenvalue weighted by molar-refractivity contribution is 6.31. The van der Waals surface area contributed by atoms with Gasteiger partial charge in [0, 0.05) is 10.7 Å². The van der Waals surface area contributed by atoms with Gasteiger partial charge in [0.05, 0.1) is 5.56 Å². The van der Waals surface area contributed by atoms with Crippen LogP contribution in [0.5, 0.6) is 0 Å². The van der Waals surface area contributed by atoms with E-state index in [4.69, 9.17) is 17.3 Å². The number of aliphatic carboxylic acids is 1. The number of amides is 1. The molecule has 0 radical (unpaired) electrons. The molecule has 1 aromatic rings. The summed E-state index contributed by atoms with van der Waals surface area (Å²) >= 11 is 5.88. The maximum absolute atomic E-state index is 11.4. The van der Waals surface area contributed by atoms with Crippen molar-refractivity contribution in [2.24, 2.45) is 5.73 Å². The van der Waals surface area contributed by atoms with Gasteiger partial charge < -0.3 is 16.2 Å². The van der Waals surface area contributed by atoms with E-state index in [1.54, 1.807) is 13.8 Å². The summed E-state index contributed by atoms with van der Waals surface area (Å²) in [5.41, 5.74) is 4.69. The van der Waals surface area contributed by atoms with Crippen LogP contribution in [0.3, 0.4) is 0 Å². The molecule has 0 unspecified atom stereocenters. The van der Waals surface area contributed by atoms with E-state index >= 15 is 0 Å². The standard InChI is InChI=1S/C13H17ClN2O3/c1-3-13(4-2,12(18)19)16-10-7-8(14)5-6-9(10)11(15)17/h5-7,16H,3-4H2,1-2H3,(H2,15,17)(H,18,19). The van der Waals surface area contributed by atoms with E-state index in [-0.39, 0.29) is 5.56 Å². The number of halogens is 1. The maximum Gasteiger partial charge on any atom is 0.329 e. The van der Waals surface area contributed by atoms with Crippen LogP contribution in [0.25, 0.3) is 0 Å². The Bertz CT molecular complexity index is 499. The van der Waals surface area contributed by atoms with Crippen molar-refractivity contribution in [1.29, 1.82) is 0 Å². The van der Waals surface area contributed by atoms with Crippen molar-refractivity contribution < 1.29 is 14.7 Å². The number of carbonyl (C=O) groups excluding carboxylic acids is 1. The van der Waals surface area contributed by atoms with Gasteiger partial charge in [-0.15, -0.1) is 0 Å². The molecular weight excluding hydrogens is 268 g/mol. The third kappa shape index (κ3) is 3.17. The highest BCUT2D eigenvalue weighted by atomic mass is 35.5. The molecular formula is C13H17ClN2O3. The van der Waals surface area contributed by atoms with Crippen LogP contribution >= 0.6 is 11.6 Å². The zero-order chi connectivity index (χ0) is 14.6. The molecule has 0 aliphatic rings. The van der Waals surface area contributed by atoms with Gasteiger partial charge in [0.2, 0.25) is 0 Å². The van der Waals surface area contributed by atoms with E-state index in [2.05, 4.69) is 5.32 Å². The van der Waals surface area contributed by atoms with Gasteiger partial charge in [-0.25, -0.2) is 4.79 Å². The molecule has 0 saturated carbocycles. The molecule has 0 fully saturated rings. The molecule has 0 bridgehead atoms. The summed E-state index contributed by atoms with van der Waals surface area (Å²) in [4.78, 5) is 22.8. The first-order valence-electron chi connectivity index (χ1n) is 5.97. The molecule has 0 aliphatic heterocycles. The molecule has 1 rings (SSSR count). The molecule has 5 nitrogen and oxygen atoms in total. The third-order valence-electron chi connectivity index (χ3n) is 3.24. The second kappa shape index (κ2) is 5.93. The van der Waals surface area contributed by atoms with Gasteiger partial charge in [-0.3, -0.25) is 4.79 Å². The summed E-state index contributed by atoms with van der Waals surface area (Å²) in [7, 11) is 0. The van der Waals surface area contributed by atoms with Gasteiger partial charge in [-0.1, -0.05) is 25.4 Å². The van der Waals surface area contributed by atoms with Crippen LogP contribution in [0.15, 0.2) is 18.2 Å². The fourth-order valence-corrected chi connectivity index (χ4v) is 2.05. The Balaban J connectivity index is 3.26. The Morgan fingerprint density at radius 3 is 2.37 bits per heavy atom. The Hall–Kier alpha value is -1.75. The zero-order valence-corrected chi connectivity index (χ0v) is 11.6. The summed E-state index contributed by atoms with van der Waals surface area (Å²) in [5, 5.41) is 12.7. The number of hydrogen-bond acceptors (Lipinski definition) is 3. The SMILES string of the molecule is CCC(CC)(Nc1cc(Cl)ccc1C(N)=O)C(=O)O. The molecule has 1 aromatic carbocycles. The van der Waals surface area contributed by atoms with Crippen molar-refractivity contribution >= 4 is 29.2 Å². The lowest BCUT2D eigenvalue weighted by Gasteiger charge is -2.30. The number of anilines is 1. The summed E-state index contributed by atoms with van der Waals surface area (Å²) in [6.07, 6.45) is 0.729. The summed E-state index contributed by atoms with van der Waals surface area (Å²) in [6.45, 7) is 3.53. The molecule has 0 atom stereocenters. The minimum atomic E-state index is -1.14. The van der Waals surface area contributed by atoms with Crippen LogP contribution < -0.4 is 11.1 Å². The fraction of sp³-hybridized carbons (Fsp3) is 0.385. The number of benzene rings is 1. The minimum absolute atomic E-state index is 0.219.